The summed E-state index contributed by atoms with van der Waals surface area (Å²) < 4.78 is 0. The van der Waals surface area contributed by atoms with Crippen molar-refractivity contribution in [2.75, 3.05) is 5.32 Å². The van der Waals surface area contributed by atoms with Crippen molar-refractivity contribution in [2.45, 2.75) is 18.4 Å². The van der Waals surface area contributed by atoms with Gasteiger partial charge in [0, 0.05) is 17.5 Å². The Hall–Kier alpha value is -2.28. The van der Waals surface area contributed by atoms with E-state index in [0.717, 1.165) is 17.7 Å². The number of anilines is 1. The molecule has 1 heterocycles. The van der Waals surface area contributed by atoms with E-state index in [2.05, 4.69) is 17.5 Å². The SMILES string of the molecule is N#Cc1ccc2c(c1)[C@@H]1C=CC[C@H]1[C@@H](C(=O)O)N2. The van der Waals surface area contributed by atoms with Gasteiger partial charge in [-0.2, -0.15) is 5.26 Å². The second kappa shape index (κ2) is 3.88. The fraction of sp³-hybridized carbons (Fsp3) is 0.286. The molecule has 18 heavy (non-hydrogen) atoms. The minimum absolute atomic E-state index is 0.0453. The number of nitrogens with one attached hydrogen (secondary N) is 1. The molecule has 2 N–H and O–H groups in total. The van der Waals surface area contributed by atoms with Gasteiger partial charge in [-0.15, -0.1) is 0 Å². The number of rotatable bonds is 1. The van der Waals surface area contributed by atoms with Crippen LogP contribution in [0.1, 0.15) is 23.5 Å². The number of carboxylic acid groups (broad SMARTS) is 1. The Morgan fingerprint density at radius 3 is 3.06 bits per heavy atom. The minimum Gasteiger partial charge on any atom is -0.480 e. The van der Waals surface area contributed by atoms with Gasteiger partial charge in [0.2, 0.25) is 0 Å². The van der Waals surface area contributed by atoms with Gasteiger partial charge in [-0.3, -0.25) is 0 Å². The van der Waals surface area contributed by atoms with Crippen LogP contribution in [0.4, 0.5) is 5.69 Å². The Bertz CT molecular complexity index is 586. The van der Waals surface area contributed by atoms with Crippen LogP contribution in [0.25, 0.3) is 0 Å². The highest BCUT2D eigenvalue weighted by atomic mass is 16.4. The molecule has 0 saturated heterocycles. The van der Waals surface area contributed by atoms with Gasteiger partial charge < -0.3 is 10.4 Å². The molecule has 4 nitrogen and oxygen atoms in total. The zero-order valence-corrected chi connectivity index (χ0v) is 9.63. The van der Waals surface area contributed by atoms with Crippen molar-refractivity contribution in [2.24, 2.45) is 5.92 Å². The third-order valence-corrected chi connectivity index (χ3v) is 3.76. The van der Waals surface area contributed by atoms with Gasteiger partial charge in [-0.1, -0.05) is 12.2 Å². The molecule has 0 unspecified atom stereocenters. The van der Waals surface area contributed by atoms with Gasteiger partial charge in [0.05, 0.1) is 11.6 Å². The number of aliphatic carboxylic acids is 1. The molecule has 1 aromatic rings. The number of fused-ring (bicyclic) bond motifs is 3. The summed E-state index contributed by atoms with van der Waals surface area (Å²) in [7, 11) is 0. The van der Waals surface area contributed by atoms with Gasteiger partial charge in [0.25, 0.3) is 0 Å². The number of benzene rings is 1. The zero-order valence-electron chi connectivity index (χ0n) is 9.63. The maximum absolute atomic E-state index is 11.3. The van der Waals surface area contributed by atoms with E-state index in [1.165, 1.54) is 0 Å². The largest absolute Gasteiger partial charge is 0.480 e. The number of carboxylic acids is 1. The van der Waals surface area contributed by atoms with E-state index in [4.69, 9.17) is 5.26 Å². The molecule has 0 saturated carbocycles. The first kappa shape index (κ1) is 10.8. The molecule has 3 atom stereocenters. The summed E-state index contributed by atoms with van der Waals surface area (Å²) in [5, 5.41) is 21.3. The van der Waals surface area contributed by atoms with E-state index < -0.39 is 12.0 Å². The van der Waals surface area contributed by atoms with Gasteiger partial charge in [0.15, 0.2) is 0 Å². The molecule has 0 radical (unpaired) electrons. The van der Waals surface area contributed by atoms with E-state index >= 15 is 0 Å². The summed E-state index contributed by atoms with van der Waals surface area (Å²) in [4.78, 5) is 11.3. The van der Waals surface area contributed by atoms with Crippen LogP contribution in [0, 0.1) is 17.2 Å². The zero-order chi connectivity index (χ0) is 12.7. The van der Waals surface area contributed by atoms with Crippen LogP contribution in [-0.2, 0) is 4.79 Å². The highest BCUT2D eigenvalue weighted by molar-refractivity contribution is 5.80. The lowest BCUT2D eigenvalue weighted by Crippen LogP contribution is -2.41. The smallest absolute Gasteiger partial charge is 0.326 e. The quantitative estimate of drug-likeness (QED) is 0.737. The molecular formula is C14H12N2O2. The van der Waals surface area contributed by atoms with Gasteiger partial charge in [-0.05, 0) is 30.2 Å². The van der Waals surface area contributed by atoms with Crippen molar-refractivity contribution in [3.8, 4) is 6.07 Å². The first-order valence-corrected chi connectivity index (χ1v) is 5.91. The van der Waals surface area contributed by atoms with Gasteiger partial charge >= 0.3 is 5.97 Å². The van der Waals surface area contributed by atoms with Crippen LogP contribution in [0.2, 0.25) is 0 Å². The summed E-state index contributed by atoms with van der Waals surface area (Å²) >= 11 is 0. The molecule has 0 aromatic heterocycles. The topological polar surface area (TPSA) is 73.1 Å². The van der Waals surface area contributed by atoms with Crippen molar-refractivity contribution < 1.29 is 9.90 Å². The van der Waals surface area contributed by atoms with Crippen LogP contribution >= 0.6 is 0 Å². The van der Waals surface area contributed by atoms with Crippen molar-refractivity contribution in [3.05, 3.63) is 41.5 Å². The second-order valence-corrected chi connectivity index (χ2v) is 4.73. The number of hydrogen-bond acceptors (Lipinski definition) is 3. The summed E-state index contributed by atoms with van der Waals surface area (Å²) in [6.45, 7) is 0. The summed E-state index contributed by atoms with van der Waals surface area (Å²) in [6.07, 6.45) is 4.85. The molecule has 3 rings (SSSR count). The summed E-state index contributed by atoms with van der Waals surface area (Å²) in [5.74, 6) is -0.664. The van der Waals surface area contributed by atoms with Gasteiger partial charge in [0.1, 0.15) is 6.04 Å². The predicted molar refractivity (Wildman–Crippen MR) is 66.2 cm³/mol. The molecule has 0 bridgehead atoms. The summed E-state index contributed by atoms with van der Waals surface area (Å²) in [5.41, 5.74) is 2.47. The fourth-order valence-corrected chi connectivity index (χ4v) is 2.91. The average molecular weight is 240 g/mol. The van der Waals surface area contributed by atoms with Crippen molar-refractivity contribution in [3.63, 3.8) is 0 Å². The monoisotopic (exact) mass is 240 g/mol. The average Bonchev–Trinajstić information content (AvgIpc) is 2.86. The minimum atomic E-state index is -0.816. The Kier molecular flexibility index (Phi) is 2.34. The molecule has 1 aromatic carbocycles. The third-order valence-electron chi connectivity index (χ3n) is 3.76. The Labute approximate surface area is 105 Å². The van der Waals surface area contributed by atoms with Gasteiger partial charge in [-0.25, -0.2) is 4.79 Å². The van der Waals surface area contributed by atoms with E-state index in [9.17, 15) is 9.90 Å². The lowest BCUT2D eigenvalue weighted by molar-refractivity contribution is -0.139. The van der Waals surface area contributed by atoms with Crippen LogP contribution in [-0.4, -0.2) is 17.1 Å². The maximum atomic E-state index is 11.3. The highest BCUT2D eigenvalue weighted by Crippen LogP contribution is 2.44. The molecule has 0 spiro atoms. The van der Waals surface area contributed by atoms with Crippen molar-refractivity contribution in [1.82, 2.24) is 0 Å². The maximum Gasteiger partial charge on any atom is 0.326 e. The van der Waals surface area contributed by atoms with Crippen LogP contribution < -0.4 is 5.32 Å². The number of nitriles is 1. The molecule has 0 fully saturated rings. The second-order valence-electron chi connectivity index (χ2n) is 4.73. The Morgan fingerprint density at radius 1 is 1.50 bits per heavy atom. The number of carbonyl (C=O) groups is 1. The number of hydrogen-bond donors (Lipinski definition) is 2. The molecule has 0 amide bonds. The highest BCUT2D eigenvalue weighted by Gasteiger charge is 2.40. The molecule has 1 aliphatic carbocycles. The molecule has 90 valence electrons. The van der Waals surface area contributed by atoms with Crippen LogP contribution in [0.5, 0.6) is 0 Å². The molecule has 1 aliphatic heterocycles. The predicted octanol–water partition coefficient (Wildman–Crippen LogP) is 2.10. The van der Waals surface area contributed by atoms with Crippen LogP contribution in [0.3, 0.4) is 0 Å². The summed E-state index contributed by atoms with van der Waals surface area (Å²) in [6, 6.07) is 6.94. The number of allylic oxidation sites excluding steroid dienone is 2. The molecule has 4 heteroatoms. The Balaban J connectivity index is 2.09. The van der Waals surface area contributed by atoms with E-state index in [0.29, 0.717) is 5.56 Å². The first-order chi connectivity index (χ1) is 8.70. The lowest BCUT2D eigenvalue weighted by Gasteiger charge is -2.34. The molecule has 2 aliphatic rings. The normalized spacial score (nSPS) is 27.8. The molecular weight excluding hydrogens is 228 g/mol. The standard InChI is InChI=1S/C14H12N2O2/c15-7-8-4-5-12-11(6-8)9-2-1-3-10(9)13(16-12)14(17)18/h1-2,4-6,9-10,13,16H,3H2,(H,17,18)/t9-,10-,13+/m1/s1. The van der Waals surface area contributed by atoms with Crippen molar-refractivity contribution >= 4 is 11.7 Å². The third kappa shape index (κ3) is 1.48. The van der Waals surface area contributed by atoms with E-state index in [-0.39, 0.29) is 11.8 Å². The Morgan fingerprint density at radius 2 is 2.33 bits per heavy atom. The first-order valence-electron chi connectivity index (χ1n) is 5.91. The lowest BCUT2D eigenvalue weighted by atomic mass is 9.79. The fourth-order valence-electron chi connectivity index (χ4n) is 2.91. The van der Waals surface area contributed by atoms with E-state index in [1.807, 2.05) is 12.1 Å². The number of nitrogens with zero attached hydrogens (tertiary/aromatic N) is 1. The van der Waals surface area contributed by atoms with Crippen molar-refractivity contribution in [1.29, 1.82) is 5.26 Å². The van der Waals surface area contributed by atoms with Crippen LogP contribution in [0.15, 0.2) is 30.4 Å². The van der Waals surface area contributed by atoms with E-state index in [1.54, 1.807) is 12.1 Å².